The molecular weight excluding hydrogens is 240 g/mol. The summed E-state index contributed by atoms with van der Waals surface area (Å²) in [5.74, 6) is 1.57. The summed E-state index contributed by atoms with van der Waals surface area (Å²) in [4.78, 5) is 0. The monoisotopic (exact) mass is 262 g/mol. The molecule has 1 heterocycles. The van der Waals surface area contributed by atoms with E-state index in [0.717, 1.165) is 25.2 Å². The Hall–Kier alpha value is -1.06. The van der Waals surface area contributed by atoms with Crippen LogP contribution in [-0.2, 0) is 4.74 Å². The van der Waals surface area contributed by atoms with Crippen molar-refractivity contribution in [1.82, 2.24) is 0 Å². The Morgan fingerprint density at radius 3 is 2.74 bits per heavy atom. The van der Waals surface area contributed by atoms with Gasteiger partial charge in [0.15, 0.2) is 0 Å². The van der Waals surface area contributed by atoms with E-state index in [4.69, 9.17) is 9.47 Å². The lowest BCUT2D eigenvalue weighted by Gasteiger charge is -2.32. The first-order valence-corrected chi connectivity index (χ1v) is 7.24. The molecule has 3 nitrogen and oxygen atoms in total. The second kappa shape index (κ2) is 5.51. The van der Waals surface area contributed by atoms with E-state index >= 15 is 0 Å². The predicted molar refractivity (Wildman–Crippen MR) is 73.2 cm³/mol. The van der Waals surface area contributed by atoms with Crippen LogP contribution in [0.5, 0.6) is 5.75 Å². The quantitative estimate of drug-likeness (QED) is 0.856. The Bertz CT molecular complexity index is 402. The molecule has 3 rings (SSSR count). The van der Waals surface area contributed by atoms with Crippen molar-refractivity contribution >= 4 is 0 Å². The van der Waals surface area contributed by atoms with Gasteiger partial charge in [-0.15, -0.1) is 0 Å². The van der Waals surface area contributed by atoms with E-state index in [1.54, 1.807) is 0 Å². The van der Waals surface area contributed by atoms with Crippen LogP contribution in [0.3, 0.4) is 0 Å². The van der Waals surface area contributed by atoms with Crippen molar-refractivity contribution in [1.29, 1.82) is 0 Å². The molecule has 2 unspecified atom stereocenters. The third-order valence-corrected chi connectivity index (χ3v) is 4.48. The lowest BCUT2D eigenvalue weighted by atomic mass is 9.77. The van der Waals surface area contributed by atoms with Gasteiger partial charge in [-0.2, -0.15) is 0 Å². The third kappa shape index (κ3) is 2.77. The van der Waals surface area contributed by atoms with Crippen LogP contribution in [0, 0.1) is 11.3 Å². The summed E-state index contributed by atoms with van der Waals surface area (Å²) in [5.41, 5.74) is -0.0735. The highest BCUT2D eigenvalue weighted by atomic mass is 16.5. The predicted octanol–water partition coefficient (Wildman–Crippen LogP) is 2.63. The minimum absolute atomic E-state index is 0.0735. The van der Waals surface area contributed by atoms with Gasteiger partial charge in [-0.05, 0) is 43.7 Å². The van der Waals surface area contributed by atoms with E-state index in [-0.39, 0.29) is 18.1 Å². The molecule has 1 saturated carbocycles. The first-order chi connectivity index (χ1) is 9.34. The molecule has 0 radical (unpaired) electrons. The molecule has 3 heteroatoms. The molecule has 104 valence electrons. The number of para-hydroxylation sites is 1. The molecular formula is C16H22O3. The van der Waals surface area contributed by atoms with E-state index in [1.165, 1.54) is 12.8 Å². The smallest absolute Gasteiger partial charge is 0.119 e. The number of aliphatic hydroxyl groups excluding tert-OH is 1. The van der Waals surface area contributed by atoms with Crippen molar-refractivity contribution in [3.8, 4) is 5.75 Å². The number of ether oxygens (including phenoxy) is 2. The lowest BCUT2D eigenvalue weighted by molar-refractivity contribution is -0.0105. The summed E-state index contributed by atoms with van der Waals surface area (Å²) in [5, 5.41) is 9.83. The van der Waals surface area contributed by atoms with Crippen molar-refractivity contribution in [3.05, 3.63) is 30.3 Å². The fraction of sp³-hybridized carbons (Fsp3) is 0.625. The van der Waals surface area contributed by atoms with Crippen LogP contribution in [0.4, 0.5) is 0 Å². The average molecular weight is 262 g/mol. The lowest BCUT2D eigenvalue weighted by Crippen LogP contribution is -2.37. The summed E-state index contributed by atoms with van der Waals surface area (Å²) < 4.78 is 11.6. The zero-order valence-corrected chi connectivity index (χ0v) is 11.3. The number of aliphatic hydroxyl groups is 1. The maximum absolute atomic E-state index is 9.83. The first kappa shape index (κ1) is 12.9. The third-order valence-electron chi connectivity index (χ3n) is 4.48. The highest BCUT2D eigenvalue weighted by Crippen LogP contribution is 2.49. The summed E-state index contributed by atoms with van der Waals surface area (Å²) in [7, 11) is 0. The summed E-state index contributed by atoms with van der Waals surface area (Å²) in [6.45, 7) is 1.65. The molecule has 2 atom stereocenters. The molecule has 0 spiro atoms. The number of benzene rings is 1. The molecule has 1 aliphatic heterocycles. The van der Waals surface area contributed by atoms with Crippen LogP contribution in [-0.4, -0.2) is 31.0 Å². The van der Waals surface area contributed by atoms with Crippen LogP contribution in [0.15, 0.2) is 30.3 Å². The van der Waals surface area contributed by atoms with Gasteiger partial charge in [0.05, 0.1) is 19.3 Å². The fourth-order valence-electron chi connectivity index (χ4n) is 3.15. The maximum Gasteiger partial charge on any atom is 0.119 e. The summed E-state index contributed by atoms with van der Waals surface area (Å²) in [6, 6.07) is 9.87. The van der Waals surface area contributed by atoms with Crippen molar-refractivity contribution in [2.24, 2.45) is 11.3 Å². The Kier molecular flexibility index (Phi) is 3.76. The summed E-state index contributed by atoms with van der Waals surface area (Å²) >= 11 is 0. The van der Waals surface area contributed by atoms with Crippen LogP contribution in [0.25, 0.3) is 0 Å². The Morgan fingerprint density at radius 2 is 2.05 bits per heavy atom. The highest BCUT2D eigenvalue weighted by molar-refractivity contribution is 5.20. The van der Waals surface area contributed by atoms with Gasteiger partial charge in [0.1, 0.15) is 5.75 Å². The second-order valence-electron chi connectivity index (χ2n) is 5.81. The molecule has 1 saturated heterocycles. The molecule has 2 aliphatic rings. The number of hydrogen-bond donors (Lipinski definition) is 1. The molecule has 1 aliphatic carbocycles. The van der Waals surface area contributed by atoms with Crippen LogP contribution >= 0.6 is 0 Å². The fourth-order valence-corrected chi connectivity index (χ4v) is 3.15. The van der Waals surface area contributed by atoms with Gasteiger partial charge in [0.2, 0.25) is 0 Å². The van der Waals surface area contributed by atoms with Gasteiger partial charge >= 0.3 is 0 Å². The van der Waals surface area contributed by atoms with Gasteiger partial charge in [0, 0.05) is 12.0 Å². The maximum atomic E-state index is 9.83. The van der Waals surface area contributed by atoms with E-state index in [1.807, 2.05) is 30.3 Å². The molecule has 1 aromatic rings. The first-order valence-electron chi connectivity index (χ1n) is 7.24. The van der Waals surface area contributed by atoms with Crippen LogP contribution in [0.2, 0.25) is 0 Å². The zero-order valence-electron chi connectivity index (χ0n) is 11.3. The topological polar surface area (TPSA) is 38.7 Å². The standard InChI is InChI=1S/C16H22O3/c17-12-16(9-11-19-15(16)13-6-7-13)8-10-18-14-4-2-1-3-5-14/h1-5,13,15,17H,6-12H2. The van der Waals surface area contributed by atoms with Gasteiger partial charge < -0.3 is 14.6 Å². The Labute approximate surface area is 114 Å². The number of rotatable bonds is 6. The van der Waals surface area contributed by atoms with Gasteiger partial charge in [0.25, 0.3) is 0 Å². The van der Waals surface area contributed by atoms with Crippen molar-refractivity contribution in [2.75, 3.05) is 19.8 Å². The molecule has 0 amide bonds. The minimum Gasteiger partial charge on any atom is -0.494 e. The number of hydrogen-bond acceptors (Lipinski definition) is 3. The Morgan fingerprint density at radius 1 is 1.26 bits per heavy atom. The van der Waals surface area contributed by atoms with Gasteiger partial charge in [-0.25, -0.2) is 0 Å². The summed E-state index contributed by atoms with van der Waals surface area (Å²) in [6.07, 6.45) is 4.59. The SMILES string of the molecule is OCC1(CCOc2ccccc2)CCOC1C1CC1. The van der Waals surface area contributed by atoms with E-state index in [9.17, 15) is 5.11 Å². The van der Waals surface area contributed by atoms with Crippen LogP contribution in [0.1, 0.15) is 25.7 Å². The van der Waals surface area contributed by atoms with Crippen LogP contribution < -0.4 is 4.74 Å². The molecule has 1 aromatic carbocycles. The molecule has 1 N–H and O–H groups in total. The van der Waals surface area contributed by atoms with Crippen molar-refractivity contribution in [2.45, 2.75) is 31.8 Å². The van der Waals surface area contributed by atoms with Gasteiger partial charge in [-0.3, -0.25) is 0 Å². The molecule has 0 aromatic heterocycles. The zero-order chi connectivity index (χ0) is 13.1. The second-order valence-corrected chi connectivity index (χ2v) is 5.81. The highest BCUT2D eigenvalue weighted by Gasteiger charge is 2.50. The molecule has 2 fully saturated rings. The van der Waals surface area contributed by atoms with E-state index < -0.39 is 0 Å². The molecule has 0 bridgehead atoms. The van der Waals surface area contributed by atoms with Crippen molar-refractivity contribution < 1.29 is 14.6 Å². The average Bonchev–Trinajstić information content (AvgIpc) is 3.21. The van der Waals surface area contributed by atoms with E-state index in [0.29, 0.717) is 12.5 Å². The largest absolute Gasteiger partial charge is 0.494 e. The Balaban J connectivity index is 1.57. The van der Waals surface area contributed by atoms with E-state index in [2.05, 4.69) is 0 Å². The normalized spacial score (nSPS) is 30.5. The molecule has 19 heavy (non-hydrogen) atoms. The van der Waals surface area contributed by atoms with Crippen molar-refractivity contribution in [3.63, 3.8) is 0 Å². The minimum atomic E-state index is -0.0735. The van der Waals surface area contributed by atoms with Gasteiger partial charge in [-0.1, -0.05) is 18.2 Å².